The molecule has 1 aliphatic heterocycles. The average Bonchev–Trinajstić information content (AvgIpc) is 2.64. The van der Waals surface area contributed by atoms with Crippen LogP contribution in [0.2, 0.25) is 0 Å². The molecule has 0 N–H and O–H groups in total. The van der Waals surface area contributed by atoms with E-state index in [2.05, 4.69) is 59.2 Å². The van der Waals surface area contributed by atoms with Crippen molar-refractivity contribution in [3.05, 3.63) is 71.8 Å². The van der Waals surface area contributed by atoms with Crippen LogP contribution in [0, 0.1) is 11.8 Å². The predicted molar refractivity (Wildman–Crippen MR) is 97.4 cm³/mol. The summed E-state index contributed by atoms with van der Waals surface area (Å²) in [4.78, 5) is 2.60. The van der Waals surface area contributed by atoms with E-state index in [1.165, 1.54) is 44.5 Å². The zero-order chi connectivity index (χ0) is 15.7. The van der Waals surface area contributed by atoms with Gasteiger partial charge in [-0.25, -0.2) is 0 Å². The van der Waals surface area contributed by atoms with Gasteiger partial charge < -0.3 is 4.90 Å². The van der Waals surface area contributed by atoms with E-state index in [1.807, 2.05) is 18.2 Å². The van der Waals surface area contributed by atoms with Gasteiger partial charge >= 0.3 is 0 Å². The molecule has 23 heavy (non-hydrogen) atoms. The Bertz CT molecular complexity index is 628. The van der Waals surface area contributed by atoms with Crippen LogP contribution in [0.25, 0.3) is 0 Å². The van der Waals surface area contributed by atoms with E-state index in [-0.39, 0.29) is 0 Å². The van der Waals surface area contributed by atoms with Crippen LogP contribution in [0.5, 0.6) is 0 Å². The molecule has 0 bridgehead atoms. The largest absolute Gasteiger partial charge is 0.303 e. The topological polar surface area (TPSA) is 3.24 Å². The summed E-state index contributed by atoms with van der Waals surface area (Å²) in [5.74, 6) is 7.30. The second kappa shape index (κ2) is 8.56. The number of nitrogens with zero attached hydrogens (tertiary/aromatic N) is 1. The van der Waals surface area contributed by atoms with Crippen molar-refractivity contribution >= 4 is 0 Å². The second-order valence-electron chi connectivity index (χ2n) is 6.30. The van der Waals surface area contributed by atoms with Crippen LogP contribution in [0.4, 0.5) is 0 Å². The fourth-order valence-electron chi connectivity index (χ4n) is 3.29. The van der Waals surface area contributed by atoms with Gasteiger partial charge in [-0.05, 0) is 62.5 Å². The molecule has 1 nitrogen and oxygen atoms in total. The molecular formula is C22H25N. The molecule has 1 heteroatoms. The van der Waals surface area contributed by atoms with Crippen LogP contribution < -0.4 is 0 Å². The molecule has 2 aromatic rings. The Morgan fingerprint density at radius 3 is 2.22 bits per heavy atom. The van der Waals surface area contributed by atoms with Gasteiger partial charge in [0.2, 0.25) is 0 Å². The Labute approximate surface area is 140 Å². The average molecular weight is 303 g/mol. The molecule has 0 aliphatic carbocycles. The van der Waals surface area contributed by atoms with Crippen LogP contribution in [-0.4, -0.2) is 24.5 Å². The Morgan fingerprint density at radius 2 is 1.52 bits per heavy atom. The Hall–Kier alpha value is -2.04. The van der Waals surface area contributed by atoms with Gasteiger partial charge in [0.15, 0.2) is 0 Å². The summed E-state index contributed by atoms with van der Waals surface area (Å²) in [6, 6.07) is 21.2. The highest BCUT2D eigenvalue weighted by atomic mass is 15.1. The summed E-state index contributed by atoms with van der Waals surface area (Å²) in [6.07, 6.45) is 4.75. The lowest BCUT2D eigenvalue weighted by Crippen LogP contribution is -2.33. The number of hydrogen-bond acceptors (Lipinski definition) is 1. The SMILES string of the molecule is C(#Cc1ccccc1)CCCN1CCC(c2ccccc2)CC1. The molecule has 0 atom stereocenters. The summed E-state index contributed by atoms with van der Waals surface area (Å²) in [5, 5.41) is 0. The first kappa shape index (κ1) is 15.8. The van der Waals surface area contributed by atoms with E-state index < -0.39 is 0 Å². The summed E-state index contributed by atoms with van der Waals surface area (Å²) in [5.41, 5.74) is 2.64. The fraction of sp³-hybridized carbons (Fsp3) is 0.364. The monoisotopic (exact) mass is 303 g/mol. The molecule has 0 saturated carbocycles. The van der Waals surface area contributed by atoms with Gasteiger partial charge in [-0.15, -0.1) is 0 Å². The van der Waals surface area contributed by atoms with Crippen molar-refractivity contribution in [2.75, 3.05) is 19.6 Å². The highest BCUT2D eigenvalue weighted by molar-refractivity contribution is 5.33. The quantitative estimate of drug-likeness (QED) is 0.584. The third kappa shape index (κ3) is 4.98. The number of unbranched alkanes of at least 4 members (excludes halogenated alkanes) is 1. The van der Waals surface area contributed by atoms with E-state index >= 15 is 0 Å². The lowest BCUT2D eigenvalue weighted by atomic mass is 9.89. The van der Waals surface area contributed by atoms with Crippen molar-refractivity contribution in [3.8, 4) is 11.8 Å². The molecule has 118 valence electrons. The molecule has 2 aromatic carbocycles. The first-order valence-corrected chi connectivity index (χ1v) is 8.73. The van der Waals surface area contributed by atoms with Crippen LogP contribution in [-0.2, 0) is 0 Å². The van der Waals surface area contributed by atoms with Crippen molar-refractivity contribution in [3.63, 3.8) is 0 Å². The van der Waals surface area contributed by atoms with Crippen LogP contribution in [0.15, 0.2) is 60.7 Å². The minimum absolute atomic E-state index is 0.755. The maximum atomic E-state index is 3.30. The van der Waals surface area contributed by atoms with E-state index in [0.29, 0.717) is 0 Å². The summed E-state index contributed by atoms with van der Waals surface area (Å²) in [7, 11) is 0. The van der Waals surface area contributed by atoms with Crippen LogP contribution in [0.3, 0.4) is 0 Å². The molecular weight excluding hydrogens is 278 g/mol. The van der Waals surface area contributed by atoms with Gasteiger partial charge in [-0.1, -0.05) is 60.4 Å². The first-order valence-electron chi connectivity index (χ1n) is 8.73. The third-order valence-electron chi connectivity index (χ3n) is 4.64. The van der Waals surface area contributed by atoms with E-state index in [1.54, 1.807) is 0 Å². The van der Waals surface area contributed by atoms with Gasteiger partial charge in [0.05, 0.1) is 0 Å². The summed E-state index contributed by atoms with van der Waals surface area (Å²) < 4.78 is 0. The third-order valence-corrected chi connectivity index (χ3v) is 4.64. The van der Waals surface area contributed by atoms with E-state index in [0.717, 1.165) is 17.9 Å². The minimum atomic E-state index is 0.755. The number of piperidine rings is 1. The second-order valence-corrected chi connectivity index (χ2v) is 6.30. The van der Waals surface area contributed by atoms with Gasteiger partial charge in [0, 0.05) is 12.0 Å². The molecule has 1 heterocycles. The highest BCUT2D eigenvalue weighted by Gasteiger charge is 2.19. The molecule has 0 radical (unpaired) electrons. The van der Waals surface area contributed by atoms with Crippen LogP contribution in [0.1, 0.15) is 42.7 Å². The van der Waals surface area contributed by atoms with Gasteiger partial charge in [-0.2, -0.15) is 0 Å². The molecule has 1 fully saturated rings. The number of benzene rings is 2. The van der Waals surface area contributed by atoms with Gasteiger partial charge in [0.1, 0.15) is 0 Å². The zero-order valence-corrected chi connectivity index (χ0v) is 13.7. The van der Waals surface area contributed by atoms with Crippen molar-refractivity contribution in [1.29, 1.82) is 0 Å². The van der Waals surface area contributed by atoms with Crippen molar-refractivity contribution in [2.24, 2.45) is 0 Å². The lowest BCUT2D eigenvalue weighted by Gasteiger charge is -2.32. The van der Waals surface area contributed by atoms with E-state index in [9.17, 15) is 0 Å². The molecule has 0 aromatic heterocycles. The molecule has 0 unspecified atom stereocenters. The predicted octanol–water partition coefficient (Wildman–Crippen LogP) is 4.70. The maximum absolute atomic E-state index is 3.30. The Morgan fingerprint density at radius 1 is 0.870 bits per heavy atom. The molecule has 3 rings (SSSR count). The van der Waals surface area contributed by atoms with Gasteiger partial charge in [-0.3, -0.25) is 0 Å². The van der Waals surface area contributed by atoms with Crippen molar-refractivity contribution < 1.29 is 0 Å². The highest BCUT2D eigenvalue weighted by Crippen LogP contribution is 2.27. The Balaban J connectivity index is 1.36. The first-order chi connectivity index (χ1) is 11.4. The zero-order valence-electron chi connectivity index (χ0n) is 13.7. The molecule has 1 saturated heterocycles. The standard InChI is InChI=1S/C22H25N/c1-4-10-20(11-5-1)12-6-3-9-17-23-18-15-22(16-19-23)21-13-7-2-8-14-21/h1-2,4-5,7-8,10-11,13-14,22H,3,9,15-19H2. The Kier molecular flexibility index (Phi) is 5.89. The lowest BCUT2D eigenvalue weighted by molar-refractivity contribution is 0.211. The number of hydrogen-bond donors (Lipinski definition) is 0. The minimum Gasteiger partial charge on any atom is -0.303 e. The molecule has 0 spiro atoms. The normalized spacial score (nSPS) is 15.8. The maximum Gasteiger partial charge on any atom is 0.0245 e. The van der Waals surface area contributed by atoms with Crippen molar-refractivity contribution in [2.45, 2.75) is 31.6 Å². The molecule has 0 amide bonds. The van der Waals surface area contributed by atoms with E-state index in [4.69, 9.17) is 0 Å². The van der Waals surface area contributed by atoms with Crippen molar-refractivity contribution in [1.82, 2.24) is 4.90 Å². The molecule has 1 aliphatic rings. The van der Waals surface area contributed by atoms with Crippen LogP contribution >= 0.6 is 0 Å². The summed E-state index contributed by atoms with van der Waals surface area (Å²) in [6.45, 7) is 3.64. The smallest absolute Gasteiger partial charge is 0.0245 e. The number of likely N-dealkylation sites (tertiary alicyclic amines) is 1. The number of rotatable bonds is 4. The fourth-order valence-corrected chi connectivity index (χ4v) is 3.29. The van der Waals surface area contributed by atoms with Gasteiger partial charge in [0.25, 0.3) is 0 Å². The summed E-state index contributed by atoms with van der Waals surface area (Å²) >= 11 is 0.